The first-order chi connectivity index (χ1) is 6.88. The van der Waals surface area contributed by atoms with Crippen molar-refractivity contribution in [2.45, 2.75) is 25.9 Å². The number of halogens is 3. The zero-order chi connectivity index (χ0) is 11.9. The van der Waals surface area contributed by atoms with E-state index in [1.54, 1.807) is 0 Å². The van der Waals surface area contributed by atoms with Gasteiger partial charge >= 0.3 is 12.1 Å². The highest BCUT2D eigenvalue weighted by Crippen LogP contribution is 2.13. The minimum absolute atomic E-state index is 0.181. The SMILES string of the molecule is CCCCO/C(O)=C/NC(=O)C(F)(F)F. The van der Waals surface area contributed by atoms with Crippen molar-refractivity contribution in [3.63, 3.8) is 0 Å². The normalized spacial score (nSPS) is 12.4. The molecule has 0 aliphatic rings. The van der Waals surface area contributed by atoms with Crippen LogP contribution in [0.1, 0.15) is 19.8 Å². The van der Waals surface area contributed by atoms with Gasteiger partial charge in [-0.1, -0.05) is 13.3 Å². The van der Waals surface area contributed by atoms with Crippen molar-refractivity contribution in [3.05, 3.63) is 12.1 Å². The van der Waals surface area contributed by atoms with Gasteiger partial charge in [0.15, 0.2) is 0 Å². The molecule has 0 unspecified atom stereocenters. The summed E-state index contributed by atoms with van der Waals surface area (Å²) in [6, 6.07) is 0. The molecule has 7 heteroatoms. The summed E-state index contributed by atoms with van der Waals surface area (Å²) in [6.45, 7) is 2.07. The zero-order valence-electron chi connectivity index (χ0n) is 8.10. The van der Waals surface area contributed by atoms with Crippen LogP contribution in [-0.2, 0) is 9.53 Å². The third-order valence-corrected chi connectivity index (χ3v) is 1.33. The number of ether oxygens (including phenoxy) is 1. The van der Waals surface area contributed by atoms with Crippen LogP contribution < -0.4 is 5.32 Å². The molecule has 0 radical (unpaired) electrons. The number of hydrogen-bond acceptors (Lipinski definition) is 3. The fourth-order valence-electron chi connectivity index (χ4n) is 0.572. The number of aliphatic hydroxyl groups is 1. The van der Waals surface area contributed by atoms with Gasteiger partial charge in [0.2, 0.25) is 0 Å². The number of amides is 1. The van der Waals surface area contributed by atoms with Gasteiger partial charge in [-0.25, -0.2) is 0 Å². The van der Waals surface area contributed by atoms with Crippen molar-refractivity contribution in [2.24, 2.45) is 0 Å². The van der Waals surface area contributed by atoms with Gasteiger partial charge in [0.25, 0.3) is 5.95 Å². The first-order valence-corrected chi connectivity index (χ1v) is 4.27. The molecule has 0 heterocycles. The second kappa shape index (κ2) is 6.15. The van der Waals surface area contributed by atoms with Crippen LogP contribution in [0.25, 0.3) is 0 Å². The molecule has 2 N–H and O–H groups in total. The van der Waals surface area contributed by atoms with Crippen LogP contribution in [0, 0.1) is 0 Å². The lowest BCUT2D eigenvalue weighted by Crippen LogP contribution is -2.33. The molecule has 0 aliphatic carbocycles. The van der Waals surface area contributed by atoms with E-state index in [2.05, 4.69) is 4.74 Å². The maximum absolute atomic E-state index is 11.6. The Morgan fingerprint density at radius 3 is 2.60 bits per heavy atom. The third-order valence-electron chi connectivity index (χ3n) is 1.33. The fraction of sp³-hybridized carbons (Fsp3) is 0.625. The van der Waals surface area contributed by atoms with E-state index in [9.17, 15) is 18.0 Å². The maximum atomic E-state index is 11.6. The first kappa shape index (κ1) is 13.6. The van der Waals surface area contributed by atoms with Gasteiger partial charge in [0.05, 0.1) is 12.8 Å². The molecule has 0 saturated carbocycles. The highest BCUT2D eigenvalue weighted by Gasteiger charge is 2.38. The molecule has 0 saturated heterocycles. The molecule has 1 amide bonds. The Kier molecular flexibility index (Phi) is 5.58. The van der Waals surface area contributed by atoms with E-state index in [1.807, 2.05) is 6.92 Å². The Hall–Kier alpha value is -1.40. The van der Waals surface area contributed by atoms with Gasteiger partial charge in [-0.05, 0) is 6.42 Å². The summed E-state index contributed by atoms with van der Waals surface area (Å²) in [5.41, 5.74) is 0. The minimum atomic E-state index is -4.97. The van der Waals surface area contributed by atoms with E-state index < -0.39 is 18.0 Å². The number of carbonyl (C=O) groups excluding carboxylic acids is 1. The van der Waals surface area contributed by atoms with Gasteiger partial charge in [-0.3, -0.25) is 4.79 Å². The lowest BCUT2D eigenvalue weighted by atomic mass is 10.4. The largest absolute Gasteiger partial charge is 0.480 e. The Labute approximate surface area is 84.7 Å². The maximum Gasteiger partial charge on any atom is 0.471 e. The number of alkyl halides is 3. The molecule has 0 spiro atoms. The fourth-order valence-corrected chi connectivity index (χ4v) is 0.572. The standard InChI is InChI=1S/C8H12F3NO3/c1-2-3-4-15-6(13)5-12-7(14)8(9,10)11/h5,13H,2-4H2,1H3,(H,12,14)/b6-5+. The summed E-state index contributed by atoms with van der Waals surface area (Å²) >= 11 is 0. The van der Waals surface area contributed by atoms with Crippen LogP contribution in [0.3, 0.4) is 0 Å². The summed E-state index contributed by atoms with van der Waals surface area (Å²) in [4.78, 5) is 10.3. The number of carbonyl (C=O) groups is 1. The van der Waals surface area contributed by atoms with Crippen LogP contribution in [0.2, 0.25) is 0 Å². The molecular weight excluding hydrogens is 215 g/mol. The predicted octanol–water partition coefficient (Wildman–Crippen LogP) is 1.84. The van der Waals surface area contributed by atoms with E-state index in [-0.39, 0.29) is 6.61 Å². The number of nitrogens with one attached hydrogen (secondary N) is 1. The molecule has 0 aromatic carbocycles. The van der Waals surface area contributed by atoms with Gasteiger partial charge in [0, 0.05) is 0 Å². The van der Waals surface area contributed by atoms with Gasteiger partial charge in [-0.2, -0.15) is 13.2 Å². The van der Waals surface area contributed by atoms with Crippen LogP contribution in [-0.4, -0.2) is 23.8 Å². The highest BCUT2D eigenvalue weighted by molar-refractivity contribution is 5.82. The van der Waals surface area contributed by atoms with Crippen molar-refractivity contribution in [2.75, 3.05) is 6.61 Å². The molecule has 88 valence electrons. The molecule has 0 fully saturated rings. The molecule has 0 bridgehead atoms. The lowest BCUT2D eigenvalue weighted by Gasteiger charge is -2.05. The second-order valence-electron chi connectivity index (χ2n) is 2.66. The molecule has 4 nitrogen and oxygen atoms in total. The number of hydrogen-bond donors (Lipinski definition) is 2. The average molecular weight is 227 g/mol. The zero-order valence-corrected chi connectivity index (χ0v) is 8.10. The second-order valence-corrected chi connectivity index (χ2v) is 2.66. The van der Waals surface area contributed by atoms with Crippen molar-refractivity contribution in [3.8, 4) is 0 Å². The van der Waals surface area contributed by atoms with Crippen LogP contribution in [0.5, 0.6) is 0 Å². The molecule has 0 aliphatic heterocycles. The third kappa shape index (κ3) is 6.64. The number of aliphatic hydroxyl groups excluding tert-OH is 1. The van der Waals surface area contributed by atoms with Gasteiger partial charge < -0.3 is 15.2 Å². The summed E-state index contributed by atoms with van der Waals surface area (Å²) < 4.78 is 39.5. The van der Waals surface area contributed by atoms with E-state index >= 15 is 0 Å². The number of rotatable bonds is 5. The Balaban J connectivity index is 3.90. The van der Waals surface area contributed by atoms with E-state index in [1.165, 1.54) is 5.32 Å². The molecule has 0 aromatic rings. The van der Waals surface area contributed by atoms with Gasteiger partial charge in [-0.15, -0.1) is 0 Å². The van der Waals surface area contributed by atoms with E-state index in [0.29, 0.717) is 12.6 Å². The minimum Gasteiger partial charge on any atom is -0.480 e. The summed E-state index contributed by atoms with van der Waals surface area (Å²) in [5, 5.41) is 10.2. The Morgan fingerprint density at radius 1 is 1.53 bits per heavy atom. The van der Waals surface area contributed by atoms with Gasteiger partial charge in [0.1, 0.15) is 0 Å². The molecule has 15 heavy (non-hydrogen) atoms. The van der Waals surface area contributed by atoms with Crippen LogP contribution in [0.4, 0.5) is 13.2 Å². The molecule has 0 atom stereocenters. The van der Waals surface area contributed by atoms with Crippen LogP contribution in [0.15, 0.2) is 12.1 Å². The molecule has 0 rings (SSSR count). The topological polar surface area (TPSA) is 58.6 Å². The van der Waals surface area contributed by atoms with Crippen molar-refractivity contribution < 1.29 is 27.8 Å². The molecular formula is C8H12F3NO3. The average Bonchev–Trinajstić information content (AvgIpc) is 2.13. The number of unbranched alkanes of at least 4 members (excludes halogenated alkanes) is 1. The first-order valence-electron chi connectivity index (χ1n) is 4.27. The monoisotopic (exact) mass is 227 g/mol. The predicted molar refractivity (Wildman–Crippen MR) is 45.8 cm³/mol. The van der Waals surface area contributed by atoms with Crippen molar-refractivity contribution >= 4 is 5.91 Å². The quantitative estimate of drug-likeness (QED) is 0.556. The smallest absolute Gasteiger partial charge is 0.471 e. The van der Waals surface area contributed by atoms with Crippen LogP contribution >= 0.6 is 0 Å². The molecule has 0 aromatic heterocycles. The summed E-state index contributed by atoms with van der Waals surface area (Å²) in [6.07, 6.45) is -3.03. The summed E-state index contributed by atoms with van der Waals surface area (Å²) in [5.74, 6) is -2.91. The van der Waals surface area contributed by atoms with E-state index in [4.69, 9.17) is 5.11 Å². The van der Waals surface area contributed by atoms with Crippen molar-refractivity contribution in [1.82, 2.24) is 5.32 Å². The summed E-state index contributed by atoms with van der Waals surface area (Å²) in [7, 11) is 0. The Morgan fingerprint density at radius 2 is 2.13 bits per heavy atom. The Bertz CT molecular complexity index is 238. The van der Waals surface area contributed by atoms with Crippen molar-refractivity contribution in [1.29, 1.82) is 0 Å². The van der Waals surface area contributed by atoms with E-state index in [0.717, 1.165) is 6.42 Å². The highest BCUT2D eigenvalue weighted by atomic mass is 19.4. The lowest BCUT2D eigenvalue weighted by molar-refractivity contribution is -0.172.